The molecule has 0 radical (unpaired) electrons. The van der Waals surface area contributed by atoms with Crippen molar-refractivity contribution >= 4 is 34.3 Å². The Morgan fingerprint density at radius 1 is 1.14 bits per heavy atom. The second kappa shape index (κ2) is 8.97. The second-order valence-electron chi connectivity index (χ2n) is 6.37. The van der Waals surface area contributed by atoms with E-state index < -0.39 is 0 Å². The lowest BCUT2D eigenvalue weighted by Gasteiger charge is -2.16. The molecule has 2 aromatic carbocycles. The highest BCUT2D eigenvalue weighted by molar-refractivity contribution is 8.00. The molecule has 6 heteroatoms. The van der Waals surface area contributed by atoms with Crippen LogP contribution in [0.1, 0.15) is 18.9 Å². The minimum Gasteiger partial charge on any atom is -0.497 e. The number of ether oxygens (including phenoxy) is 2. The summed E-state index contributed by atoms with van der Waals surface area (Å²) in [5.41, 5.74) is 2.67. The van der Waals surface area contributed by atoms with E-state index in [-0.39, 0.29) is 11.2 Å². The van der Waals surface area contributed by atoms with Gasteiger partial charge in [-0.05, 0) is 55.3 Å². The molecule has 5 nitrogen and oxygen atoms in total. The summed E-state index contributed by atoms with van der Waals surface area (Å²) in [5.74, 6) is 1.44. The minimum absolute atomic E-state index is 0.0442. The Kier molecular flexibility index (Phi) is 6.41. The number of pyridine rings is 1. The topological polar surface area (TPSA) is 60.5 Å². The number of fused-ring (bicyclic) bond motifs is 1. The van der Waals surface area contributed by atoms with Crippen LogP contribution in [0.2, 0.25) is 0 Å². The summed E-state index contributed by atoms with van der Waals surface area (Å²) < 4.78 is 10.6. The number of para-hydroxylation sites is 1. The number of nitrogens with zero attached hydrogens (tertiary/aromatic N) is 1. The Morgan fingerprint density at radius 2 is 1.89 bits per heavy atom. The van der Waals surface area contributed by atoms with Gasteiger partial charge in [0.15, 0.2) is 0 Å². The van der Waals surface area contributed by atoms with Gasteiger partial charge in [-0.15, -0.1) is 0 Å². The predicted octanol–water partition coefficient (Wildman–Crippen LogP) is 5.07. The van der Waals surface area contributed by atoms with Gasteiger partial charge in [0.1, 0.15) is 17.0 Å². The Labute approximate surface area is 169 Å². The van der Waals surface area contributed by atoms with E-state index in [1.54, 1.807) is 14.2 Å². The number of thioether (sulfide) groups is 1. The third-order valence-electron chi connectivity index (χ3n) is 4.49. The number of anilines is 1. The second-order valence-corrected chi connectivity index (χ2v) is 7.59. The number of nitrogens with one attached hydrogen (secondary N) is 1. The van der Waals surface area contributed by atoms with Crippen LogP contribution in [-0.4, -0.2) is 30.4 Å². The first kappa shape index (κ1) is 20.0. The number of hydrogen-bond acceptors (Lipinski definition) is 5. The highest BCUT2D eigenvalue weighted by Crippen LogP contribution is 2.32. The van der Waals surface area contributed by atoms with E-state index in [1.807, 2.05) is 62.4 Å². The van der Waals surface area contributed by atoms with Crippen molar-refractivity contribution in [1.82, 2.24) is 4.98 Å². The number of rotatable bonds is 7. The zero-order chi connectivity index (χ0) is 20.1. The van der Waals surface area contributed by atoms with Gasteiger partial charge in [-0.1, -0.05) is 30.8 Å². The molecule has 1 N–H and O–H groups in total. The normalized spacial score (nSPS) is 11.9. The third-order valence-corrected chi connectivity index (χ3v) is 5.77. The van der Waals surface area contributed by atoms with Gasteiger partial charge in [0.2, 0.25) is 5.91 Å². The Hall–Kier alpha value is -2.73. The lowest BCUT2D eigenvalue weighted by Crippen LogP contribution is -2.24. The highest BCUT2D eigenvalue weighted by Gasteiger charge is 2.20. The van der Waals surface area contributed by atoms with Gasteiger partial charge in [0, 0.05) is 11.1 Å². The molecule has 0 fully saturated rings. The lowest BCUT2D eigenvalue weighted by molar-refractivity contribution is -0.115. The van der Waals surface area contributed by atoms with Crippen molar-refractivity contribution in [2.75, 3.05) is 19.5 Å². The fourth-order valence-electron chi connectivity index (χ4n) is 2.95. The maximum atomic E-state index is 12.8. The molecule has 0 aliphatic heterocycles. The molecule has 0 bridgehead atoms. The van der Waals surface area contributed by atoms with Gasteiger partial charge in [-0.3, -0.25) is 4.79 Å². The van der Waals surface area contributed by atoms with Gasteiger partial charge in [0.25, 0.3) is 0 Å². The first-order valence-corrected chi connectivity index (χ1v) is 9.99. The van der Waals surface area contributed by atoms with Gasteiger partial charge in [-0.25, -0.2) is 4.98 Å². The number of hydrogen-bond donors (Lipinski definition) is 1. The quantitative estimate of drug-likeness (QED) is 0.565. The number of methoxy groups -OCH3 is 2. The highest BCUT2D eigenvalue weighted by atomic mass is 32.2. The van der Waals surface area contributed by atoms with E-state index in [4.69, 9.17) is 14.5 Å². The lowest BCUT2D eigenvalue weighted by atomic mass is 10.1. The number of aromatic nitrogens is 1. The molecular formula is C22H24N2O3S. The number of carbonyl (C=O) groups is 1. The Balaban J connectivity index is 1.80. The molecule has 1 unspecified atom stereocenters. The van der Waals surface area contributed by atoms with Crippen molar-refractivity contribution in [2.24, 2.45) is 0 Å². The van der Waals surface area contributed by atoms with Crippen LogP contribution in [0.5, 0.6) is 11.5 Å². The fourth-order valence-corrected chi connectivity index (χ4v) is 3.96. The summed E-state index contributed by atoms with van der Waals surface area (Å²) in [5, 5.41) is 4.59. The fraction of sp³-hybridized carbons (Fsp3) is 0.273. The van der Waals surface area contributed by atoms with Crippen molar-refractivity contribution in [2.45, 2.75) is 30.5 Å². The monoisotopic (exact) mass is 396 g/mol. The zero-order valence-electron chi connectivity index (χ0n) is 16.5. The Morgan fingerprint density at radius 3 is 2.54 bits per heavy atom. The summed E-state index contributed by atoms with van der Waals surface area (Å²) in [6, 6.07) is 15.2. The van der Waals surface area contributed by atoms with Gasteiger partial charge < -0.3 is 14.8 Å². The molecular weight excluding hydrogens is 372 g/mol. The SMILES string of the molecule is CCC(Sc1cc(C)c2cccc(OC)c2n1)C(=O)Nc1ccc(OC)cc1. The maximum Gasteiger partial charge on any atom is 0.237 e. The largest absolute Gasteiger partial charge is 0.497 e. The van der Waals surface area contributed by atoms with Crippen LogP contribution < -0.4 is 14.8 Å². The Bertz CT molecular complexity index is 973. The molecule has 0 saturated carbocycles. The summed E-state index contributed by atoms with van der Waals surface area (Å²) in [7, 11) is 3.26. The number of carbonyl (C=O) groups excluding carboxylic acids is 1. The first-order chi connectivity index (χ1) is 13.5. The van der Waals surface area contributed by atoms with E-state index in [0.717, 1.165) is 38.7 Å². The van der Waals surface area contributed by atoms with E-state index >= 15 is 0 Å². The molecule has 28 heavy (non-hydrogen) atoms. The minimum atomic E-state index is -0.249. The standard InChI is InChI=1S/C22H24N2O3S/c1-5-19(22(25)23-15-9-11-16(26-3)12-10-15)28-20-13-14(2)17-7-6-8-18(27-4)21(17)24-20/h6-13,19H,5H2,1-4H3,(H,23,25). The van der Waals surface area contributed by atoms with Gasteiger partial charge in [-0.2, -0.15) is 0 Å². The van der Waals surface area contributed by atoms with E-state index in [9.17, 15) is 4.79 Å². The molecule has 0 saturated heterocycles. The molecule has 1 amide bonds. The first-order valence-electron chi connectivity index (χ1n) is 9.11. The number of benzene rings is 2. The molecule has 3 aromatic rings. The van der Waals surface area contributed by atoms with Crippen molar-refractivity contribution in [1.29, 1.82) is 0 Å². The van der Waals surface area contributed by atoms with E-state index in [0.29, 0.717) is 6.42 Å². The molecule has 1 atom stereocenters. The molecule has 0 aliphatic rings. The molecule has 1 heterocycles. The zero-order valence-corrected chi connectivity index (χ0v) is 17.3. The van der Waals surface area contributed by atoms with Crippen LogP contribution >= 0.6 is 11.8 Å². The van der Waals surface area contributed by atoms with Crippen molar-refractivity contribution in [3.8, 4) is 11.5 Å². The number of aryl methyl sites for hydroxylation is 1. The van der Waals surface area contributed by atoms with Crippen LogP contribution in [0.15, 0.2) is 53.6 Å². The van der Waals surface area contributed by atoms with Crippen molar-refractivity contribution in [3.05, 3.63) is 54.1 Å². The average molecular weight is 397 g/mol. The van der Waals surface area contributed by atoms with Crippen molar-refractivity contribution in [3.63, 3.8) is 0 Å². The van der Waals surface area contributed by atoms with Gasteiger partial charge >= 0.3 is 0 Å². The maximum absolute atomic E-state index is 12.8. The predicted molar refractivity (Wildman–Crippen MR) is 115 cm³/mol. The summed E-state index contributed by atoms with van der Waals surface area (Å²) in [6.45, 7) is 4.05. The summed E-state index contributed by atoms with van der Waals surface area (Å²) in [4.78, 5) is 17.5. The summed E-state index contributed by atoms with van der Waals surface area (Å²) in [6.07, 6.45) is 0.692. The number of amides is 1. The van der Waals surface area contributed by atoms with Crippen LogP contribution in [0, 0.1) is 6.92 Å². The average Bonchev–Trinajstić information content (AvgIpc) is 2.72. The van der Waals surface area contributed by atoms with Crippen LogP contribution in [0.4, 0.5) is 5.69 Å². The third kappa shape index (κ3) is 4.39. The molecule has 0 spiro atoms. The van der Waals surface area contributed by atoms with Gasteiger partial charge in [0.05, 0.1) is 24.5 Å². The van der Waals surface area contributed by atoms with Crippen LogP contribution in [-0.2, 0) is 4.79 Å². The van der Waals surface area contributed by atoms with Crippen LogP contribution in [0.3, 0.4) is 0 Å². The summed E-state index contributed by atoms with van der Waals surface area (Å²) >= 11 is 1.47. The molecule has 1 aromatic heterocycles. The van der Waals surface area contributed by atoms with Crippen LogP contribution in [0.25, 0.3) is 10.9 Å². The van der Waals surface area contributed by atoms with E-state index in [1.165, 1.54) is 11.8 Å². The smallest absolute Gasteiger partial charge is 0.237 e. The molecule has 0 aliphatic carbocycles. The van der Waals surface area contributed by atoms with E-state index in [2.05, 4.69) is 5.32 Å². The van der Waals surface area contributed by atoms with Crippen molar-refractivity contribution < 1.29 is 14.3 Å². The molecule has 3 rings (SSSR count). The molecule has 146 valence electrons.